The van der Waals surface area contributed by atoms with Gasteiger partial charge in [0, 0.05) is 5.75 Å². The number of rotatable bonds is 4. The maximum absolute atomic E-state index is 10.4. The standard InChI is InChI=1S/C6H3Cl4NO2S/c7-3(1-11)4(8)14-2-6(9,10)5(12)13/h2H2,(H,12,13)/b4-3-. The minimum absolute atomic E-state index is 0.0407. The first-order chi connectivity index (χ1) is 6.31. The molecule has 0 aromatic rings. The highest BCUT2D eigenvalue weighted by Gasteiger charge is 2.33. The van der Waals surface area contributed by atoms with Crippen molar-refractivity contribution in [1.29, 1.82) is 5.26 Å². The van der Waals surface area contributed by atoms with Gasteiger partial charge in [0.05, 0.1) is 0 Å². The van der Waals surface area contributed by atoms with Gasteiger partial charge in [-0.15, -0.1) is 11.8 Å². The minimum Gasteiger partial charge on any atom is -0.479 e. The molecule has 8 heteroatoms. The topological polar surface area (TPSA) is 61.1 Å². The fraction of sp³-hybridized carbons (Fsp3) is 0.333. The fourth-order valence-electron chi connectivity index (χ4n) is 0.323. The lowest BCUT2D eigenvalue weighted by Gasteiger charge is -2.12. The molecule has 0 unspecified atom stereocenters. The summed E-state index contributed by atoms with van der Waals surface area (Å²) >= 11 is 22.5. The summed E-state index contributed by atoms with van der Waals surface area (Å²) in [5, 5.41) is 16.6. The Hall–Kier alpha value is 0.210. The second-order valence-corrected chi connectivity index (χ2v) is 5.45. The summed E-state index contributed by atoms with van der Waals surface area (Å²) in [6.45, 7) is 0. The Morgan fingerprint density at radius 1 is 1.50 bits per heavy atom. The van der Waals surface area contributed by atoms with E-state index >= 15 is 0 Å². The van der Waals surface area contributed by atoms with Gasteiger partial charge in [0.1, 0.15) is 15.5 Å². The number of thioether (sulfide) groups is 1. The lowest BCUT2D eigenvalue weighted by molar-refractivity contribution is -0.137. The number of aliphatic carboxylic acids is 1. The van der Waals surface area contributed by atoms with Crippen molar-refractivity contribution in [3.05, 3.63) is 9.40 Å². The molecule has 0 aliphatic heterocycles. The fourth-order valence-corrected chi connectivity index (χ4v) is 1.62. The number of nitriles is 1. The van der Waals surface area contributed by atoms with Crippen LogP contribution < -0.4 is 0 Å². The Balaban J connectivity index is 4.36. The Morgan fingerprint density at radius 2 is 2.00 bits per heavy atom. The summed E-state index contributed by atoms with van der Waals surface area (Å²) in [6.07, 6.45) is 0. The van der Waals surface area contributed by atoms with Crippen molar-refractivity contribution in [2.45, 2.75) is 4.33 Å². The van der Waals surface area contributed by atoms with Gasteiger partial charge >= 0.3 is 5.97 Å². The van der Waals surface area contributed by atoms with Gasteiger partial charge in [-0.3, -0.25) is 0 Å². The zero-order valence-corrected chi connectivity index (χ0v) is 10.3. The van der Waals surface area contributed by atoms with Crippen LogP contribution in [0.5, 0.6) is 0 Å². The number of hydrogen-bond acceptors (Lipinski definition) is 3. The van der Waals surface area contributed by atoms with Crippen molar-refractivity contribution in [1.82, 2.24) is 0 Å². The number of allylic oxidation sites excluding steroid dienone is 1. The molecule has 0 radical (unpaired) electrons. The average molecular weight is 295 g/mol. The molecule has 1 N–H and O–H groups in total. The Labute approximate surface area is 105 Å². The van der Waals surface area contributed by atoms with Crippen LogP contribution in [0.4, 0.5) is 0 Å². The number of carboxylic acids is 1. The van der Waals surface area contributed by atoms with Gasteiger partial charge in [-0.2, -0.15) is 5.26 Å². The maximum atomic E-state index is 10.4. The zero-order valence-electron chi connectivity index (χ0n) is 6.43. The van der Waals surface area contributed by atoms with Crippen LogP contribution in [0.2, 0.25) is 0 Å². The third kappa shape index (κ3) is 4.63. The van der Waals surface area contributed by atoms with Gasteiger partial charge in [0.2, 0.25) is 4.33 Å². The maximum Gasteiger partial charge on any atom is 0.341 e. The van der Waals surface area contributed by atoms with Gasteiger partial charge in [-0.05, 0) is 0 Å². The van der Waals surface area contributed by atoms with Crippen molar-refractivity contribution < 1.29 is 9.90 Å². The molecule has 0 amide bonds. The van der Waals surface area contributed by atoms with E-state index in [1.807, 2.05) is 0 Å². The second-order valence-electron chi connectivity index (χ2n) is 2.00. The van der Waals surface area contributed by atoms with Crippen molar-refractivity contribution in [2.24, 2.45) is 0 Å². The van der Waals surface area contributed by atoms with Crippen LogP contribution in [0.15, 0.2) is 9.40 Å². The normalized spacial score (nSPS) is 13.1. The molecule has 0 bridgehead atoms. The average Bonchev–Trinajstić information content (AvgIpc) is 2.12. The summed E-state index contributed by atoms with van der Waals surface area (Å²) in [7, 11) is 0. The molecule has 0 atom stereocenters. The molecule has 3 nitrogen and oxygen atoms in total. The predicted molar refractivity (Wildman–Crippen MR) is 58.9 cm³/mol. The highest BCUT2D eigenvalue weighted by atomic mass is 35.5. The van der Waals surface area contributed by atoms with Crippen molar-refractivity contribution in [3.63, 3.8) is 0 Å². The monoisotopic (exact) mass is 293 g/mol. The third-order valence-electron chi connectivity index (χ3n) is 0.964. The van der Waals surface area contributed by atoms with Crippen LogP contribution in [-0.2, 0) is 4.79 Å². The predicted octanol–water partition coefficient (Wildman–Crippen LogP) is 3.15. The Kier molecular flexibility index (Phi) is 6.03. The first-order valence-corrected chi connectivity index (χ1v) is 5.50. The van der Waals surface area contributed by atoms with E-state index in [-0.39, 0.29) is 15.1 Å². The van der Waals surface area contributed by atoms with Crippen molar-refractivity contribution in [3.8, 4) is 6.07 Å². The van der Waals surface area contributed by atoms with Gasteiger partial charge in [-0.1, -0.05) is 46.4 Å². The molecule has 0 aliphatic carbocycles. The molecule has 14 heavy (non-hydrogen) atoms. The first kappa shape index (κ1) is 14.2. The largest absolute Gasteiger partial charge is 0.479 e. The number of carbonyl (C=O) groups is 1. The van der Waals surface area contributed by atoms with Crippen LogP contribution >= 0.6 is 58.2 Å². The molecular weight excluding hydrogens is 292 g/mol. The molecule has 78 valence electrons. The summed E-state index contributed by atoms with van der Waals surface area (Å²) < 4.78 is -1.99. The third-order valence-corrected chi connectivity index (χ3v) is 3.90. The summed E-state index contributed by atoms with van der Waals surface area (Å²) in [5.74, 6) is -1.59. The van der Waals surface area contributed by atoms with E-state index in [9.17, 15) is 4.79 Å². The molecule has 0 rings (SSSR count). The van der Waals surface area contributed by atoms with Crippen LogP contribution in [-0.4, -0.2) is 21.2 Å². The van der Waals surface area contributed by atoms with Crippen molar-refractivity contribution in [2.75, 3.05) is 5.75 Å². The Bertz CT molecular complexity index is 309. The SMILES string of the molecule is N#C/C(Cl)=C(\Cl)SCC(Cl)(Cl)C(=O)O. The highest BCUT2D eigenvalue weighted by Crippen LogP contribution is 2.33. The lowest BCUT2D eigenvalue weighted by Crippen LogP contribution is -2.28. The molecule has 0 aliphatic rings. The molecular formula is C6H3Cl4NO2S. The van der Waals surface area contributed by atoms with Crippen LogP contribution in [0.3, 0.4) is 0 Å². The van der Waals surface area contributed by atoms with E-state index < -0.39 is 10.3 Å². The van der Waals surface area contributed by atoms with Gasteiger partial charge in [-0.25, -0.2) is 4.79 Å². The number of halogens is 4. The zero-order chi connectivity index (χ0) is 11.4. The van der Waals surface area contributed by atoms with Crippen LogP contribution in [0.25, 0.3) is 0 Å². The molecule has 0 aromatic heterocycles. The van der Waals surface area contributed by atoms with Crippen LogP contribution in [0.1, 0.15) is 0 Å². The minimum atomic E-state index is -1.95. The van der Waals surface area contributed by atoms with Gasteiger partial charge in [0.15, 0.2) is 0 Å². The number of alkyl halides is 2. The molecule has 0 heterocycles. The molecule has 0 spiro atoms. The van der Waals surface area contributed by atoms with Crippen LogP contribution in [0, 0.1) is 11.3 Å². The smallest absolute Gasteiger partial charge is 0.341 e. The van der Waals surface area contributed by atoms with Gasteiger partial charge in [0.25, 0.3) is 0 Å². The first-order valence-electron chi connectivity index (χ1n) is 3.00. The molecule has 0 saturated heterocycles. The van der Waals surface area contributed by atoms with E-state index in [4.69, 9.17) is 56.8 Å². The number of carboxylic acid groups (broad SMARTS) is 1. The Morgan fingerprint density at radius 3 is 2.36 bits per heavy atom. The number of hydrogen-bond donors (Lipinski definition) is 1. The second kappa shape index (κ2) is 5.94. The summed E-state index contributed by atoms with van der Waals surface area (Å²) in [6, 6.07) is 1.59. The lowest BCUT2D eigenvalue weighted by atomic mass is 10.5. The highest BCUT2D eigenvalue weighted by molar-refractivity contribution is 8.04. The molecule has 0 saturated carbocycles. The van der Waals surface area contributed by atoms with E-state index in [1.54, 1.807) is 6.07 Å². The van der Waals surface area contributed by atoms with Crippen molar-refractivity contribution >= 4 is 64.1 Å². The van der Waals surface area contributed by atoms with E-state index in [0.717, 1.165) is 11.8 Å². The van der Waals surface area contributed by atoms with E-state index in [1.165, 1.54) is 0 Å². The van der Waals surface area contributed by atoms with E-state index in [2.05, 4.69) is 0 Å². The van der Waals surface area contributed by atoms with E-state index in [0.29, 0.717) is 0 Å². The van der Waals surface area contributed by atoms with Gasteiger partial charge < -0.3 is 5.11 Å². The summed E-state index contributed by atoms with van der Waals surface area (Å²) in [4.78, 5) is 10.4. The summed E-state index contributed by atoms with van der Waals surface area (Å²) in [5.41, 5.74) is 0. The number of nitrogens with zero attached hydrogens (tertiary/aromatic N) is 1. The molecule has 0 fully saturated rings. The molecule has 0 aromatic carbocycles. The quantitative estimate of drug-likeness (QED) is 0.639.